The molecule has 3 atom stereocenters. The maximum Gasteiger partial charge on any atom is 0.337 e. The van der Waals surface area contributed by atoms with Gasteiger partial charge in [0.15, 0.2) is 0 Å². The van der Waals surface area contributed by atoms with Gasteiger partial charge >= 0.3 is 5.97 Å². The van der Waals surface area contributed by atoms with Crippen molar-refractivity contribution < 1.29 is 19.4 Å². The number of hydrogen-bond acceptors (Lipinski definition) is 5. The summed E-state index contributed by atoms with van der Waals surface area (Å²) >= 11 is 0. The van der Waals surface area contributed by atoms with Crippen LogP contribution in [0, 0.1) is 17.3 Å². The third-order valence-electron chi connectivity index (χ3n) is 7.66. The van der Waals surface area contributed by atoms with E-state index < -0.39 is 5.66 Å². The van der Waals surface area contributed by atoms with Crippen LogP contribution in [0.3, 0.4) is 0 Å². The fraction of sp³-hybridized carbons (Fsp3) is 0.516. The van der Waals surface area contributed by atoms with E-state index in [4.69, 9.17) is 9.73 Å². The van der Waals surface area contributed by atoms with Crippen LogP contribution in [0.15, 0.2) is 53.5 Å². The van der Waals surface area contributed by atoms with Gasteiger partial charge in [-0.1, -0.05) is 58.9 Å². The minimum absolute atomic E-state index is 0.0855. The highest BCUT2D eigenvalue weighted by Crippen LogP contribution is 2.49. The van der Waals surface area contributed by atoms with E-state index in [2.05, 4.69) is 34.6 Å². The van der Waals surface area contributed by atoms with Crippen molar-refractivity contribution in [2.24, 2.45) is 22.2 Å². The molecular formula is C31H40N2O4. The van der Waals surface area contributed by atoms with E-state index in [0.29, 0.717) is 28.7 Å². The first-order chi connectivity index (χ1) is 17.4. The van der Waals surface area contributed by atoms with Crippen molar-refractivity contribution in [3.05, 3.63) is 65.2 Å². The largest absolute Gasteiger partial charge is 0.508 e. The third kappa shape index (κ3) is 5.73. The van der Waals surface area contributed by atoms with Gasteiger partial charge in [0.1, 0.15) is 17.1 Å². The second-order valence-corrected chi connectivity index (χ2v) is 12.3. The zero-order valence-corrected chi connectivity index (χ0v) is 23.0. The molecule has 198 valence electrons. The Bertz CT molecular complexity index is 1170. The Hall–Kier alpha value is -3.15. The van der Waals surface area contributed by atoms with Gasteiger partial charge in [-0.05, 0) is 79.2 Å². The monoisotopic (exact) mass is 504 g/mol. The van der Waals surface area contributed by atoms with Gasteiger partial charge in [0.05, 0.1) is 18.7 Å². The van der Waals surface area contributed by atoms with Gasteiger partial charge in [0, 0.05) is 5.56 Å². The molecule has 1 spiro atoms. The topological polar surface area (TPSA) is 79.2 Å². The zero-order valence-electron chi connectivity index (χ0n) is 23.0. The van der Waals surface area contributed by atoms with Crippen LogP contribution in [0.5, 0.6) is 5.75 Å². The standard InChI is InChI=1S/C31H40N2O4/c1-20-16-21(2)19-31(18-20)32-27(24-8-7-9-25(34)17-24)28(35)33(31)26(14-15-30(3,4)5)22-10-12-23(13-11-22)29(36)37-6/h7-13,17,20-21,26,34H,14-16,18-19H2,1-6H3/t20?,21?,26-,31?/m1/s1. The Morgan fingerprint density at radius 2 is 1.78 bits per heavy atom. The highest BCUT2D eigenvalue weighted by Gasteiger charge is 2.53. The summed E-state index contributed by atoms with van der Waals surface area (Å²) < 4.78 is 4.89. The number of methoxy groups -OCH3 is 1. The van der Waals surface area contributed by atoms with Crippen molar-refractivity contribution in [3.8, 4) is 5.75 Å². The number of rotatable bonds is 6. The van der Waals surface area contributed by atoms with Gasteiger partial charge in [-0.2, -0.15) is 0 Å². The van der Waals surface area contributed by atoms with Gasteiger partial charge in [0.25, 0.3) is 5.91 Å². The van der Waals surface area contributed by atoms with E-state index in [-0.39, 0.29) is 29.1 Å². The number of amides is 1. The molecule has 1 N–H and O–H groups in total. The fourth-order valence-electron chi connectivity index (χ4n) is 6.20. The number of esters is 1. The van der Waals surface area contributed by atoms with Gasteiger partial charge in [-0.3, -0.25) is 9.79 Å². The van der Waals surface area contributed by atoms with E-state index in [1.54, 1.807) is 30.3 Å². The highest BCUT2D eigenvalue weighted by atomic mass is 16.5. The number of phenolic OH excluding ortho intramolecular Hbond substituents is 1. The smallest absolute Gasteiger partial charge is 0.337 e. The average Bonchev–Trinajstić information content (AvgIpc) is 3.08. The number of aliphatic imine (C=N–C) groups is 1. The number of carbonyl (C=O) groups is 2. The third-order valence-corrected chi connectivity index (χ3v) is 7.66. The number of hydrogen-bond donors (Lipinski definition) is 1. The second kappa shape index (κ2) is 10.3. The molecule has 2 aromatic carbocycles. The fourth-order valence-corrected chi connectivity index (χ4v) is 6.20. The lowest BCUT2D eigenvalue weighted by molar-refractivity contribution is -0.134. The number of ether oxygens (including phenoxy) is 1. The van der Waals surface area contributed by atoms with Crippen molar-refractivity contribution >= 4 is 17.6 Å². The molecular weight excluding hydrogens is 464 g/mol. The summed E-state index contributed by atoms with van der Waals surface area (Å²) in [6, 6.07) is 14.1. The Kier molecular flexibility index (Phi) is 7.50. The molecule has 4 rings (SSSR count). The molecule has 2 unspecified atom stereocenters. The second-order valence-electron chi connectivity index (χ2n) is 12.3. The van der Waals surface area contributed by atoms with Crippen LogP contribution in [0.2, 0.25) is 0 Å². The number of aromatic hydroxyl groups is 1. The minimum atomic E-state index is -0.640. The van der Waals surface area contributed by atoms with E-state index >= 15 is 0 Å². The molecule has 1 aliphatic carbocycles. The molecule has 1 aliphatic heterocycles. The first-order valence-corrected chi connectivity index (χ1v) is 13.3. The Morgan fingerprint density at radius 3 is 2.35 bits per heavy atom. The SMILES string of the molecule is COC(=O)c1ccc([C@@H](CCC(C)(C)C)N2C(=O)C(c3cccc(O)c3)=NC23CC(C)CC(C)C3)cc1. The summed E-state index contributed by atoms with van der Waals surface area (Å²) in [7, 11) is 1.38. The Labute approximate surface area is 220 Å². The normalized spacial score (nSPS) is 24.8. The van der Waals surface area contributed by atoms with Crippen molar-refractivity contribution in [1.82, 2.24) is 4.90 Å². The molecule has 37 heavy (non-hydrogen) atoms. The number of carbonyl (C=O) groups excluding carboxylic acids is 2. The molecule has 1 amide bonds. The van der Waals surface area contributed by atoms with Crippen molar-refractivity contribution in [1.29, 1.82) is 0 Å². The molecule has 6 nitrogen and oxygen atoms in total. The maximum atomic E-state index is 14.3. The molecule has 1 fully saturated rings. The molecule has 0 bridgehead atoms. The average molecular weight is 505 g/mol. The van der Waals surface area contributed by atoms with Crippen molar-refractivity contribution in [3.63, 3.8) is 0 Å². The van der Waals surface area contributed by atoms with Crippen molar-refractivity contribution in [2.75, 3.05) is 7.11 Å². The molecule has 0 aromatic heterocycles. The van der Waals surface area contributed by atoms with Crippen LogP contribution in [0.1, 0.15) is 94.2 Å². The van der Waals surface area contributed by atoms with E-state index in [1.165, 1.54) is 7.11 Å². The first-order valence-electron chi connectivity index (χ1n) is 13.3. The lowest BCUT2D eigenvalue weighted by Crippen LogP contribution is -2.52. The van der Waals surface area contributed by atoms with E-state index in [0.717, 1.165) is 37.7 Å². The molecule has 1 saturated carbocycles. The van der Waals surface area contributed by atoms with Gasteiger partial charge < -0.3 is 14.7 Å². The molecule has 2 aliphatic rings. The predicted octanol–water partition coefficient (Wildman–Crippen LogP) is 6.53. The van der Waals surface area contributed by atoms with E-state index in [9.17, 15) is 14.7 Å². The van der Waals surface area contributed by atoms with Gasteiger partial charge in [-0.25, -0.2) is 4.79 Å². The molecule has 2 aromatic rings. The minimum Gasteiger partial charge on any atom is -0.508 e. The summed E-state index contributed by atoms with van der Waals surface area (Å²) in [5.74, 6) is 0.500. The van der Waals surface area contributed by atoms with Gasteiger partial charge in [-0.15, -0.1) is 0 Å². The van der Waals surface area contributed by atoms with Crippen LogP contribution in [-0.2, 0) is 9.53 Å². The summed E-state index contributed by atoms with van der Waals surface area (Å²) in [4.78, 5) is 33.6. The zero-order chi connectivity index (χ0) is 27.0. The van der Waals surface area contributed by atoms with Crippen LogP contribution in [-0.4, -0.2) is 40.4 Å². The van der Waals surface area contributed by atoms with Crippen LogP contribution in [0.25, 0.3) is 0 Å². The van der Waals surface area contributed by atoms with Gasteiger partial charge in [0.2, 0.25) is 0 Å². The van der Waals surface area contributed by atoms with Crippen LogP contribution in [0.4, 0.5) is 0 Å². The Morgan fingerprint density at radius 1 is 1.14 bits per heavy atom. The predicted molar refractivity (Wildman–Crippen MR) is 146 cm³/mol. The molecule has 0 saturated heterocycles. The maximum absolute atomic E-state index is 14.3. The lowest BCUT2D eigenvalue weighted by Gasteiger charge is -2.47. The lowest BCUT2D eigenvalue weighted by atomic mass is 9.75. The Balaban J connectivity index is 1.83. The number of phenols is 1. The van der Waals surface area contributed by atoms with Crippen molar-refractivity contribution in [2.45, 2.75) is 78.4 Å². The summed E-state index contributed by atoms with van der Waals surface area (Å²) in [5, 5.41) is 10.1. The van der Waals surface area contributed by atoms with Crippen LogP contribution < -0.4 is 0 Å². The quantitative estimate of drug-likeness (QED) is 0.454. The molecule has 0 radical (unpaired) electrons. The number of benzene rings is 2. The van der Waals surface area contributed by atoms with E-state index in [1.807, 2.05) is 23.1 Å². The highest BCUT2D eigenvalue weighted by molar-refractivity contribution is 6.46. The number of nitrogens with zero attached hydrogens (tertiary/aromatic N) is 2. The summed E-state index contributed by atoms with van der Waals surface area (Å²) in [5.41, 5.74) is 1.99. The first kappa shape index (κ1) is 26.9. The molecule has 6 heteroatoms. The summed E-state index contributed by atoms with van der Waals surface area (Å²) in [6.07, 6.45) is 4.42. The molecule has 1 heterocycles. The van der Waals surface area contributed by atoms with Crippen LogP contribution >= 0.6 is 0 Å². The summed E-state index contributed by atoms with van der Waals surface area (Å²) in [6.45, 7) is 11.1.